The van der Waals surface area contributed by atoms with Crippen molar-refractivity contribution in [1.29, 1.82) is 0 Å². The van der Waals surface area contributed by atoms with Crippen molar-refractivity contribution in [2.45, 2.75) is 53.2 Å². The van der Waals surface area contributed by atoms with E-state index >= 15 is 0 Å². The van der Waals surface area contributed by atoms with Crippen LogP contribution >= 0.6 is 0 Å². The van der Waals surface area contributed by atoms with Gasteiger partial charge in [0.2, 0.25) is 0 Å². The summed E-state index contributed by atoms with van der Waals surface area (Å²) in [7, 11) is 1.74. The molecule has 1 aliphatic heterocycles. The standard InChI is InChI=1S/C15H25N3O/c1-6-11-10-9-16-8-7-12(10)18-14(17-11)13(19-5)15(2,3)4/h13,16H,6-9H2,1-5H3. The van der Waals surface area contributed by atoms with E-state index in [0.717, 1.165) is 31.8 Å². The predicted molar refractivity (Wildman–Crippen MR) is 76.0 cm³/mol. The van der Waals surface area contributed by atoms with E-state index in [1.165, 1.54) is 17.0 Å². The molecule has 0 saturated heterocycles. The summed E-state index contributed by atoms with van der Waals surface area (Å²) in [5.41, 5.74) is 3.66. The lowest BCUT2D eigenvalue weighted by Crippen LogP contribution is -2.29. The van der Waals surface area contributed by atoms with Gasteiger partial charge in [-0.25, -0.2) is 9.97 Å². The number of methoxy groups -OCH3 is 1. The lowest BCUT2D eigenvalue weighted by Gasteiger charge is -2.29. The molecule has 0 aromatic carbocycles. The molecule has 2 heterocycles. The second-order valence-electron chi connectivity index (χ2n) is 6.22. The Morgan fingerprint density at radius 2 is 2.05 bits per heavy atom. The van der Waals surface area contributed by atoms with Crippen molar-refractivity contribution < 1.29 is 4.74 Å². The first-order chi connectivity index (χ1) is 8.97. The van der Waals surface area contributed by atoms with Gasteiger partial charge in [0, 0.05) is 37.9 Å². The Morgan fingerprint density at radius 3 is 2.63 bits per heavy atom. The minimum Gasteiger partial charge on any atom is -0.373 e. The third-order valence-electron chi connectivity index (χ3n) is 3.63. The molecule has 1 atom stereocenters. The molecule has 106 valence electrons. The Morgan fingerprint density at radius 1 is 1.32 bits per heavy atom. The van der Waals surface area contributed by atoms with Crippen LogP contribution in [0.15, 0.2) is 0 Å². The van der Waals surface area contributed by atoms with E-state index in [-0.39, 0.29) is 11.5 Å². The second kappa shape index (κ2) is 5.55. The van der Waals surface area contributed by atoms with Gasteiger partial charge in [-0.1, -0.05) is 27.7 Å². The van der Waals surface area contributed by atoms with Gasteiger partial charge in [-0.3, -0.25) is 0 Å². The van der Waals surface area contributed by atoms with E-state index in [2.05, 4.69) is 33.0 Å². The van der Waals surface area contributed by atoms with Crippen LogP contribution in [0.1, 0.15) is 56.6 Å². The fourth-order valence-electron chi connectivity index (χ4n) is 2.69. The Bertz CT molecular complexity index is 434. The quantitative estimate of drug-likeness (QED) is 0.910. The van der Waals surface area contributed by atoms with Crippen molar-refractivity contribution in [3.05, 3.63) is 22.8 Å². The van der Waals surface area contributed by atoms with Crippen LogP contribution in [0.5, 0.6) is 0 Å². The van der Waals surface area contributed by atoms with Crippen molar-refractivity contribution >= 4 is 0 Å². The second-order valence-corrected chi connectivity index (χ2v) is 6.22. The molecule has 19 heavy (non-hydrogen) atoms. The molecule has 0 saturated carbocycles. The molecule has 0 amide bonds. The summed E-state index contributed by atoms with van der Waals surface area (Å²) in [6.45, 7) is 10.5. The zero-order chi connectivity index (χ0) is 14.0. The number of hydrogen-bond acceptors (Lipinski definition) is 4. The van der Waals surface area contributed by atoms with Gasteiger partial charge in [0.05, 0.1) is 5.69 Å². The van der Waals surface area contributed by atoms with Crippen LogP contribution in [0.25, 0.3) is 0 Å². The van der Waals surface area contributed by atoms with Gasteiger partial charge in [-0.2, -0.15) is 0 Å². The van der Waals surface area contributed by atoms with Crippen LogP contribution in [0.4, 0.5) is 0 Å². The van der Waals surface area contributed by atoms with Crippen molar-refractivity contribution in [1.82, 2.24) is 15.3 Å². The molecule has 4 heteroatoms. The highest BCUT2D eigenvalue weighted by molar-refractivity contribution is 5.29. The summed E-state index contributed by atoms with van der Waals surface area (Å²) in [4.78, 5) is 9.55. The monoisotopic (exact) mass is 263 g/mol. The minimum atomic E-state index is -0.0574. The fourth-order valence-corrected chi connectivity index (χ4v) is 2.69. The van der Waals surface area contributed by atoms with E-state index < -0.39 is 0 Å². The van der Waals surface area contributed by atoms with Gasteiger partial charge >= 0.3 is 0 Å². The average Bonchev–Trinajstić information content (AvgIpc) is 2.37. The van der Waals surface area contributed by atoms with E-state index in [1.54, 1.807) is 7.11 Å². The van der Waals surface area contributed by atoms with Gasteiger partial charge in [0.15, 0.2) is 5.82 Å². The lowest BCUT2D eigenvalue weighted by molar-refractivity contribution is 0.00828. The van der Waals surface area contributed by atoms with Crippen molar-refractivity contribution in [2.75, 3.05) is 13.7 Å². The molecule has 0 spiro atoms. The van der Waals surface area contributed by atoms with Crippen molar-refractivity contribution in [2.24, 2.45) is 5.41 Å². The van der Waals surface area contributed by atoms with E-state index in [0.29, 0.717) is 0 Å². The van der Waals surface area contributed by atoms with Crippen LogP contribution in [-0.2, 0) is 24.1 Å². The van der Waals surface area contributed by atoms with Crippen molar-refractivity contribution in [3.63, 3.8) is 0 Å². The summed E-state index contributed by atoms with van der Waals surface area (Å²) < 4.78 is 5.65. The molecule has 0 radical (unpaired) electrons. The van der Waals surface area contributed by atoms with Crippen LogP contribution in [0.2, 0.25) is 0 Å². The van der Waals surface area contributed by atoms with E-state index in [1.807, 2.05) is 0 Å². The predicted octanol–water partition coefficient (Wildman–Crippen LogP) is 2.42. The maximum atomic E-state index is 5.65. The Hall–Kier alpha value is -1.00. The summed E-state index contributed by atoms with van der Waals surface area (Å²) in [5, 5.41) is 3.40. The van der Waals surface area contributed by atoms with Crippen LogP contribution in [0, 0.1) is 5.41 Å². The number of aryl methyl sites for hydroxylation is 1. The first-order valence-electron chi connectivity index (χ1n) is 7.09. The maximum absolute atomic E-state index is 5.65. The number of aromatic nitrogens is 2. The number of ether oxygens (including phenoxy) is 1. The molecule has 1 aliphatic rings. The fraction of sp³-hybridized carbons (Fsp3) is 0.733. The molecule has 0 bridgehead atoms. The van der Waals surface area contributed by atoms with Gasteiger partial charge in [-0.05, 0) is 11.8 Å². The smallest absolute Gasteiger partial charge is 0.158 e. The molecule has 1 aromatic heterocycles. The van der Waals surface area contributed by atoms with E-state index in [4.69, 9.17) is 14.7 Å². The first kappa shape index (κ1) is 14.4. The van der Waals surface area contributed by atoms with Gasteiger partial charge in [0.1, 0.15) is 6.10 Å². The summed E-state index contributed by atoms with van der Waals surface area (Å²) in [5.74, 6) is 0.840. The minimum absolute atomic E-state index is 0.000908. The van der Waals surface area contributed by atoms with Crippen LogP contribution in [-0.4, -0.2) is 23.6 Å². The third kappa shape index (κ3) is 2.95. The van der Waals surface area contributed by atoms with Gasteiger partial charge < -0.3 is 10.1 Å². The molecular weight excluding hydrogens is 238 g/mol. The summed E-state index contributed by atoms with van der Waals surface area (Å²) >= 11 is 0. The first-order valence-corrected chi connectivity index (χ1v) is 7.09. The Balaban J connectivity index is 2.47. The topological polar surface area (TPSA) is 47.0 Å². The number of nitrogens with one attached hydrogen (secondary N) is 1. The molecule has 0 fully saturated rings. The molecule has 2 rings (SSSR count). The highest BCUT2D eigenvalue weighted by Crippen LogP contribution is 2.34. The molecule has 1 unspecified atom stereocenters. The molecular formula is C15H25N3O. The maximum Gasteiger partial charge on any atom is 0.158 e. The molecule has 0 aliphatic carbocycles. The SMILES string of the molecule is CCc1nc(C(OC)C(C)(C)C)nc2c1CNCC2. The highest BCUT2D eigenvalue weighted by Gasteiger charge is 2.30. The summed E-state index contributed by atoms with van der Waals surface area (Å²) in [6.07, 6.45) is 1.87. The largest absolute Gasteiger partial charge is 0.373 e. The Kier molecular flexibility index (Phi) is 4.21. The molecule has 4 nitrogen and oxygen atoms in total. The highest BCUT2D eigenvalue weighted by atomic mass is 16.5. The zero-order valence-corrected chi connectivity index (χ0v) is 12.7. The van der Waals surface area contributed by atoms with Gasteiger partial charge in [0.25, 0.3) is 0 Å². The normalized spacial score (nSPS) is 17.1. The number of fused-ring (bicyclic) bond motifs is 1. The Labute approximate surface area is 116 Å². The molecule has 1 aromatic rings. The van der Waals surface area contributed by atoms with Gasteiger partial charge in [-0.15, -0.1) is 0 Å². The van der Waals surface area contributed by atoms with E-state index in [9.17, 15) is 0 Å². The van der Waals surface area contributed by atoms with Crippen LogP contribution < -0.4 is 5.32 Å². The van der Waals surface area contributed by atoms with Crippen LogP contribution in [0.3, 0.4) is 0 Å². The lowest BCUT2D eigenvalue weighted by atomic mass is 9.88. The van der Waals surface area contributed by atoms with Crippen molar-refractivity contribution in [3.8, 4) is 0 Å². The third-order valence-corrected chi connectivity index (χ3v) is 3.63. The average molecular weight is 263 g/mol. The zero-order valence-electron chi connectivity index (χ0n) is 12.7. The molecule has 1 N–H and O–H groups in total. The number of nitrogens with zero attached hydrogens (tertiary/aromatic N) is 2. The summed E-state index contributed by atoms with van der Waals surface area (Å²) in [6, 6.07) is 0. The number of hydrogen-bond donors (Lipinski definition) is 1. The number of rotatable bonds is 3.